The lowest BCUT2D eigenvalue weighted by Crippen LogP contribution is -2.42. The molecule has 0 unspecified atom stereocenters. The van der Waals surface area contributed by atoms with Crippen molar-refractivity contribution in [2.75, 3.05) is 26.2 Å². The summed E-state index contributed by atoms with van der Waals surface area (Å²) in [5.41, 5.74) is 0. The van der Waals surface area contributed by atoms with Crippen molar-refractivity contribution in [1.82, 2.24) is 10.2 Å². The maximum absolute atomic E-state index is 7.27. The van der Waals surface area contributed by atoms with E-state index in [-0.39, 0.29) is 0 Å². The van der Waals surface area contributed by atoms with Gasteiger partial charge in [-0.3, -0.25) is 5.41 Å². The van der Waals surface area contributed by atoms with Gasteiger partial charge in [0.05, 0.1) is 5.84 Å². The van der Waals surface area contributed by atoms with Gasteiger partial charge in [0.25, 0.3) is 0 Å². The second-order valence-corrected chi connectivity index (χ2v) is 2.24. The van der Waals surface area contributed by atoms with Crippen LogP contribution in [0.2, 0.25) is 0 Å². The number of piperazine rings is 1. The van der Waals surface area contributed by atoms with Gasteiger partial charge in [-0.05, 0) is 6.92 Å². The van der Waals surface area contributed by atoms with E-state index < -0.39 is 0 Å². The van der Waals surface area contributed by atoms with Crippen LogP contribution in [-0.4, -0.2) is 36.9 Å². The average molecular weight is 126 g/mol. The fourth-order valence-electron chi connectivity index (χ4n) is 0.942. The van der Waals surface area contributed by atoms with Gasteiger partial charge < -0.3 is 4.90 Å². The summed E-state index contributed by atoms with van der Waals surface area (Å²) < 4.78 is 0. The van der Waals surface area contributed by atoms with E-state index in [1.54, 1.807) is 0 Å². The number of rotatable bonds is 0. The van der Waals surface area contributed by atoms with Crippen LogP contribution in [0.5, 0.6) is 0 Å². The molecule has 1 N–H and O–H groups in total. The maximum Gasteiger partial charge on any atom is 0.0926 e. The van der Waals surface area contributed by atoms with Crippen LogP contribution in [0.15, 0.2) is 0 Å². The summed E-state index contributed by atoms with van der Waals surface area (Å²) in [4.78, 5) is 2.05. The highest BCUT2D eigenvalue weighted by Crippen LogP contribution is 1.92. The molecule has 1 fully saturated rings. The van der Waals surface area contributed by atoms with Crippen molar-refractivity contribution in [2.45, 2.75) is 6.92 Å². The van der Waals surface area contributed by atoms with E-state index in [4.69, 9.17) is 5.41 Å². The molecule has 0 saturated carbocycles. The van der Waals surface area contributed by atoms with Gasteiger partial charge in [0.15, 0.2) is 0 Å². The molecular formula is C6H12N3. The van der Waals surface area contributed by atoms with Crippen LogP contribution in [0.25, 0.3) is 0 Å². The number of nitrogens with zero attached hydrogens (tertiary/aromatic N) is 2. The lowest BCUT2D eigenvalue weighted by atomic mass is 10.3. The van der Waals surface area contributed by atoms with E-state index >= 15 is 0 Å². The van der Waals surface area contributed by atoms with Gasteiger partial charge in [0.1, 0.15) is 0 Å². The minimum absolute atomic E-state index is 0.671. The first-order valence-electron chi connectivity index (χ1n) is 3.24. The molecule has 0 atom stereocenters. The van der Waals surface area contributed by atoms with Gasteiger partial charge in [-0.2, -0.15) is 0 Å². The summed E-state index contributed by atoms with van der Waals surface area (Å²) in [6, 6.07) is 0. The Morgan fingerprint density at radius 3 is 2.33 bits per heavy atom. The molecule has 1 aliphatic heterocycles. The summed E-state index contributed by atoms with van der Waals surface area (Å²) >= 11 is 0. The number of amidine groups is 1. The third-order valence-electron chi connectivity index (χ3n) is 1.53. The SMILES string of the molecule is CC(=N)N1CC[N]CC1. The summed E-state index contributed by atoms with van der Waals surface area (Å²) in [5.74, 6) is 0.671. The first-order valence-corrected chi connectivity index (χ1v) is 3.24. The monoisotopic (exact) mass is 126 g/mol. The van der Waals surface area contributed by atoms with E-state index in [9.17, 15) is 0 Å². The van der Waals surface area contributed by atoms with Gasteiger partial charge in [-0.15, -0.1) is 0 Å². The third kappa shape index (κ3) is 1.68. The summed E-state index contributed by atoms with van der Waals surface area (Å²) in [5, 5.41) is 11.4. The molecule has 0 amide bonds. The highest BCUT2D eigenvalue weighted by atomic mass is 15.2. The minimum atomic E-state index is 0.671. The van der Waals surface area contributed by atoms with Crippen molar-refractivity contribution < 1.29 is 0 Å². The van der Waals surface area contributed by atoms with Crippen LogP contribution in [0.1, 0.15) is 6.92 Å². The molecule has 3 nitrogen and oxygen atoms in total. The summed E-state index contributed by atoms with van der Waals surface area (Å²) in [7, 11) is 0. The largest absolute Gasteiger partial charge is 0.358 e. The van der Waals surface area contributed by atoms with Crippen molar-refractivity contribution in [3.63, 3.8) is 0 Å². The fourth-order valence-corrected chi connectivity index (χ4v) is 0.942. The zero-order chi connectivity index (χ0) is 6.69. The molecule has 1 heterocycles. The zero-order valence-electron chi connectivity index (χ0n) is 5.72. The average Bonchev–Trinajstić information content (AvgIpc) is 1.90. The number of hydrogen-bond acceptors (Lipinski definition) is 1. The molecule has 0 aromatic carbocycles. The molecule has 0 spiro atoms. The normalized spacial score (nSPS) is 19.9. The van der Waals surface area contributed by atoms with E-state index in [1.165, 1.54) is 0 Å². The maximum atomic E-state index is 7.27. The topological polar surface area (TPSA) is 41.2 Å². The Bertz CT molecular complexity index is 105. The van der Waals surface area contributed by atoms with Crippen molar-refractivity contribution >= 4 is 5.84 Å². The molecule has 0 bridgehead atoms. The molecule has 0 aliphatic carbocycles. The predicted octanol–water partition coefficient (Wildman–Crippen LogP) is -0.0964. The van der Waals surface area contributed by atoms with Crippen LogP contribution in [0.3, 0.4) is 0 Å². The lowest BCUT2D eigenvalue weighted by molar-refractivity contribution is 0.350. The van der Waals surface area contributed by atoms with Gasteiger partial charge in [-0.1, -0.05) is 0 Å². The third-order valence-corrected chi connectivity index (χ3v) is 1.53. The summed E-state index contributed by atoms with van der Waals surface area (Å²) in [6.45, 7) is 5.50. The molecule has 51 valence electrons. The van der Waals surface area contributed by atoms with E-state index in [1.807, 2.05) is 11.8 Å². The number of nitrogens with one attached hydrogen (secondary N) is 1. The van der Waals surface area contributed by atoms with Crippen molar-refractivity contribution in [1.29, 1.82) is 5.41 Å². The molecule has 1 rings (SSSR count). The second kappa shape index (κ2) is 2.82. The fraction of sp³-hybridized carbons (Fsp3) is 0.833. The van der Waals surface area contributed by atoms with Crippen molar-refractivity contribution in [2.24, 2.45) is 0 Å². The van der Waals surface area contributed by atoms with Crippen LogP contribution >= 0.6 is 0 Å². The van der Waals surface area contributed by atoms with E-state index in [0.29, 0.717) is 5.84 Å². The molecule has 1 aliphatic rings. The molecule has 1 saturated heterocycles. The van der Waals surface area contributed by atoms with Gasteiger partial charge in [-0.25, -0.2) is 5.32 Å². The molecule has 3 heteroatoms. The second-order valence-electron chi connectivity index (χ2n) is 2.24. The standard InChI is InChI=1S/C6H12N3/c1-6(7)9-4-2-8-3-5-9/h7H,2-5H2,1H3. The van der Waals surface area contributed by atoms with Crippen molar-refractivity contribution in [3.05, 3.63) is 0 Å². The lowest BCUT2D eigenvalue weighted by Gasteiger charge is -2.26. The Morgan fingerprint density at radius 2 is 2.00 bits per heavy atom. The van der Waals surface area contributed by atoms with Crippen LogP contribution in [0, 0.1) is 5.41 Å². The Morgan fingerprint density at radius 1 is 1.44 bits per heavy atom. The highest BCUT2D eigenvalue weighted by Gasteiger charge is 2.08. The zero-order valence-corrected chi connectivity index (χ0v) is 5.72. The van der Waals surface area contributed by atoms with Gasteiger partial charge >= 0.3 is 0 Å². The van der Waals surface area contributed by atoms with Gasteiger partial charge in [0.2, 0.25) is 0 Å². The van der Waals surface area contributed by atoms with E-state index in [2.05, 4.69) is 5.32 Å². The first-order chi connectivity index (χ1) is 4.30. The van der Waals surface area contributed by atoms with Crippen LogP contribution in [-0.2, 0) is 0 Å². The molecule has 1 radical (unpaired) electrons. The minimum Gasteiger partial charge on any atom is -0.358 e. The summed E-state index contributed by atoms with van der Waals surface area (Å²) in [6.07, 6.45) is 0. The molecule has 0 aromatic rings. The molecule has 9 heavy (non-hydrogen) atoms. The Balaban J connectivity index is 2.31. The molecule has 0 aromatic heterocycles. The van der Waals surface area contributed by atoms with Crippen LogP contribution in [0.4, 0.5) is 0 Å². The Hall–Kier alpha value is -0.570. The Labute approximate surface area is 55.6 Å². The predicted molar refractivity (Wildman–Crippen MR) is 36.8 cm³/mol. The highest BCUT2D eigenvalue weighted by molar-refractivity contribution is 5.76. The quantitative estimate of drug-likeness (QED) is 0.357. The first kappa shape index (κ1) is 6.55. The Kier molecular flexibility index (Phi) is 2.05. The molecular weight excluding hydrogens is 114 g/mol. The van der Waals surface area contributed by atoms with E-state index in [0.717, 1.165) is 26.2 Å². The van der Waals surface area contributed by atoms with Crippen LogP contribution < -0.4 is 5.32 Å². The van der Waals surface area contributed by atoms with Gasteiger partial charge in [0, 0.05) is 26.2 Å². The number of hydrogen-bond donors (Lipinski definition) is 1. The smallest absolute Gasteiger partial charge is 0.0926 e. The van der Waals surface area contributed by atoms with Crippen molar-refractivity contribution in [3.8, 4) is 0 Å².